The van der Waals surface area contributed by atoms with Crippen LogP contribution in [0.3, 0.4) is 0 Å². The van der Waals surface area contributed by atoms with E-state index in [0.29, 0.717) is 25.0 Å². The Bertz CT molecular complexity index is 888. The molecule has 2 aromatic carbocycles. The molecule has 0 aliphatic heterocycles. The van der Waals surface area contributed by atoms with Crippen molar-refractivity contribution in [2.75, 3.05) is 0 Å². The van der Waals surface area contributed by atoms with Gasteiger partial charge in [-0.3, -0.25) is 4.79 Å². The van der Waals surface area contributed by atoms with E-state index in [1.54, 1.807) is 0 Å². The third kappa shape index (κ3) is 6.27. The highest BCUT2D eigenvalue weighted by Gasteiger charge is 2.33. The first-order chi connectivity index (χ1) is 14.1. The molecule has 2 aromatic rings. The van der Waals surface area contributed by atoms with Crippen LogP contribution in [0.15, 0.2) is 48.7 Å². The van der Waals surface area contributed by atoms with Crippen molar-refractivity contribution in [1.82, 2.24) is 5.32 Å². The zero-order valence-electron chi connectivity index (χ0n) is 15.9. The van der Waals surface area contributed by atoms with Gasteiger partial charge in [0, 0.05) is 18.2 Å². The van der Waals surface area contributed by atoms with Gasteiger partial charge in [-0.25, -0.2) is 13.2 Å². The molecule has 0 saturated heterocycles. The lowest BCUT2D eigenvalue weighted by Gasteiger charge is -2.17. The highest BCUT2D eigenvalue weighted by Crippen LogP contribution is 2.35. The van der Waals surface area contributed by atoms with E-state index in [1.165, 1.54) is 24.3 Å². The fourth-order valence-corrected chi connectivity index (χ4v) is 2.76. The molecule has 1 atom stereocenters. The highest BCUT2D eigenvalue weighted by molar-refractivity contribution is 5.94. The Balaban J connectivity index is 2.04. The molecule has 0 aliphatic carbocycles. The summed E-state index contributed by atoms with van der Waals surface area (Å²) in [6.07, 6.45) is -0.946. The van der Waals surface area contributed by atoms with E-state index in [-0.39, 0.29) is 12.2 Å². The maximum atomic E-state index is 13.8. The number of halogens is 6. The van der Waals surface area contributed by atoms with Crippen molar-refractivity contribution in [3.05, 3.63) is 77.3 Å². The second-order valence-electron chi connectivity index (χ2n) is 6.42. The van der Waals surface area contributed by atoms with Crippen molar-refractivity contribution in [1.29, 1.82) is 0 Å². The molecule has 0 aromatic heterocycles. The number of benzene rings is 2. The number of rotatable bonds is 8. The van der Waals surface area contributed by atoms with E-state index in [4.69, 9.17) is 4.74 Å². The smallest absolute Gasteiger partial charge is 0.419 e. The van der Waals surface area contributed by atoms with Crippen molar-refractivity contribution >= 4 is 5.91 Å². The zero-order valence-corrected chi connectivity index (χ0v) is 15.9. The third-order valence-electron chi connectivity index (χ3n) is 4.11. The fourth-order valence-electron chi connectivity index (χ4n) is 2.76. The number of hydrogen-bond acceptors (Lipinski definition) is 2. The molecule has 162 valence electrons. The average Bonchev–Trinajstić information content (AvgIpc) is 2.64. The minimum absolute atomic E-state index is 0.137. The van der Waals surface area contributed by atoms with Crippen LogP contribution in [0.1, 0.15) is 42.1 Å². The van der Waals surface area contributed by atoms with E-state index in [1.807, 2.05) is 6.92 Å². The highest BCUT2D eigenvalue weighted by atomic mass is 19.4. The van der Waals surface area contributed by atoms with Crippen molar-refractivity contribution < 1.29 is 35.9 Å². The van der Waals surface area contributed by atoms with Crippen molar-refractivity contribution in [2.24, 2.45) is 0 Å². The minimum atomic E-state index is -4.58. The van der Waals surface area contributed by atoms with Crippen LogP contribution in [0.4, 0.5) is 26.3 Å². The summed E-state index contributed by atoms with van der Waals surface area (Å²) in [5.74, 6) is -5.25. The first kappa shape index (κ1) is 23.3. The summed E-state index contributed by atoms with van der Waals surface area (Å²) < 4.78 is 84.4. The van der Waals surface area contributed by atoms with Gasteiger partial charge in [0.15, 0.2) is 0 Å². The molecule has 1 unspecified atom stereocenters. The summed E-state index contributed by atoms with van der Waals surface area (Å²) in [4.78, 5) is 12.2. The zero-order chi connectivity index (χ0) is 22.3. The standard InChI is InChI=1S/C21H19F6NO2/c1-2-6-14(28-20(29)19-16(23)11-13(22)12-17(19)24)7-5-10-30-18-9-4-3-8-15(18)21(25,26)27/h3-5,8-12,14H,2,6-7H2,1H3,(H,28,29). The van der Waals surface area contributed by atoms with Gasteiger partial charge in [0.2, 0.25) is 0 Å². The number of ether oxygens (including phenoxy) is 1. The predicted molar refractivity (Wildman–Crippen MR) is 98.3 cm³/mol. The fraction of sp³-hybridized carbons (Fsp3) is 0.286. The first-order valence-corrected chi connectivity index (χ1v) is 9.06. The van der Waals surface area contributed by atoms with Gasteiger partial charge in [0.25, 0.3) is 5.91 Å². The van der Waals surface area contributed by atoms with E-state index >= 15 is 0 Å². The summed E-state index contributed by atoms with van der Waals surface area (Å²) in [7, 11) is 0. The van der Waals surface area contributed by atoms with Crippen LogP contribution in [0.5, 0.6) is 5.75 Å². The molecule has 0 spiro atoms. The lowest BCUT2D eigenvalue weighted by Crippen LogP contribution is -2.35. The van der Waals surface area contributed by atoms with Gasteiger partial charge in [-0.2, -0.15) is 13.2 Å². The Morgan fingerprint density at radius 3 is 2.37 bits per heavy atom. The quantitative estimate of drug-likeness (QED) is 0.411. The summed E-state index contributed by atoms with van der Waals surface area (Å²) in [6, 6.07) is 4.92. The largest absolute Gasteiger partial charge is 0.465 e. The molecule has 30 heavy (non-hydrogen) atoms. The van der Waals surface area contributed by atoms with Crippen LogP contribution in [-0.2, 0) is 6.18 Å². The second-order valence-corrected chi connectivity index (χ2v) is 6.42. The molecular formula is C21H19F6NO2. The maximum Gasteiger partial charge on any atom is 0.419 e. The monoisotopic (exact) mass is 431 g/mol. The van der Waals surface area contributed by atoms with Gasteiger partial charge in [0.05, 0.1) is 11.8 Å². The Hall–Kier alpha value is -2.97. The van der Waals surface area contributed by atoms with Crippen LogP contribution < -0.4 is 10.1 Å². The number of amides is 1. The van der Waals surface area contributed by atoms with Gasteiger partial charge in [0.1, 0.15) is 28.8 Å². The summed E-state index contributed by atoms with van der Waals surface area (Å²) in [5, 5.41) is 2.44. The van der Waals surface area contributed by atoms with Gasteiger partial charge < -0.3 is 10.1 Å². The van der Waals surface area contributed by atoms with Crippen LogP contribution in [-0.4, -0.2) is 11.9 Å². The second kappa shape index (κ2) is 10.2. The molecule has 3 nitrogen and oxygen atoms in total. The van der Waals surface area contributed by atoms with Crippen LogP contribution in [0.2, 0.25) is 0 Å². The molecule has 0 saturated carbocycles. The molecule has 0 radical (unpaired) electrons. The maximum absolute atomic E-state index is 13.8. The van der Waals surface area contributed by atoms with E-state index < -0.39 is 46.7 Å². The van der Waals surface area contributed by atoms with Crippen LogP contribution >= 0.6 is 0 Å². The molecule has 0 bridgehead atoms. The van der Waals surface area contributed by atoms with E-state index in [2.05, 4.69) is 5.32 Å². The predicted octanol–water partition coefficient (Wildman–Crippen LogP) is 6.00. The van der Waals surface area contributed by atoms with Gasteiger partial charge >= 0.3 is 6.18 Å². The van der Waals surface area contributed by atoms with E-state index in [9.17, 15) is 31.1 Å². The summed E-state index contributed by atoms with van der Waals surface area (Å²) >= 11 is 0. The van der Waals surface area contributed by atoms with Crippen molar-refractivity contribution in [3.63, 3.8) is 0 Å². The van der Waals surface area contributed by atoms with Gasteiger partial charge in [-0.15, -0.1) is 0 Å². The lowest BCUT2D eigenvalue weighted by molar-refractivity contribution is -0.138. The third-order valence-corrected chi connectivity index (χ3v) is 4.11. The SMILES string of the molecule is CCCC(CC=COc1ccccc1C(F)(F)F)NC(=O)c1c(F)cc(F)cc1F. The average molecular weight is 431 g/mol. The number of carbonyl (C=O) groups is 1. The van der Waals surface area contributed by atoms with Gasteiger partial charge in [-0.05, 0) is 31.1 Å². The molecule has 9 heteroatoms. The lowest BCUT2D eigenvalue weighted by atomic mass is 10.1. The molecule has 1 N–H and O–H groups in total. The minimum Gasteiger partial charge on any atom is -0.465 e. The number of carbonyl (C=O) groups excluding carboxylic acids is 1. The number of hydrogen-bond donors (Lipinski definition) is 1. The van der Waals surface area contributed by atoms with Gasteiger partial charge in [-0.1, -0.05) is 25.5 Å². The Morgan fingerprint density at radius 2 is 1.77 bits per heavy atom. The molecule has 0 aliphatic rings. The molecule has 1 amide bonds. The van der Waals surface area contributed by atoms with Crippen LogP contribution in [0, 0.1) is 17.5 Å². The van der Waals surface area contributed by atoms with Crippen molar-refractivity contribution in [3.8, 4) is 5.75 Å². The Kier molecular flexibility index (Phi) is 7.91. The first-order valence-electron chi connectivity index (χ1n) is 9.06. The Morgan fingerprint density at radius 1 is 1.13 bits per heavy atom. The number of alkyl halides is 3. The molecular weight excluding hydrogens is 412 g/mol. The normalized spacial score (nSPS) is 12.8. The van der Waals surface area contributed by atoms with E-state index in [0.717, 1.165) is 12.3 Å². The summed E-state index contributed by atoms with van der Waals surface area (Å²) in [6.45, 7) is 1.82. The Labute approximate surface area is 169 Å². The molecule has 0 fully saturated rings. The molecule has 0 heterocycles. The number of para-hydroxylation sites is 1. The topological polar surface area (TPSA) is 38.3 Å². The van der Waals surface area contributed by atoms with Crippen molar-refractivity contribution in [2.45, 2.75) is 38.4 Å². The number of nitrogens with one attached hydrogen (secondary N) is 1. The summed E-state index contributed by atoms with van der Waals surface area (Å²) in [5.41, 5.74) is -1.84. The molecule has 2 rings (SSSR count). The van der Waals surface area contributed by atoms with Crippen LogP contribution in [0.25, 0.3) is 0 Å².